The molecule has 4 unspecified atom stereocenters. The van der Waals surface area contributed by atoms with Crippen LogP contribution in [0.5, 0.6) is 0 Å². The molecular formula is C27H40N4O3. The van der Waals surface area contributed by atoms with Crippen LogP contribution in [0.2, 0.25) is 0 Å². The molecule has 2 saturated carbocycles. The molecule has 0 radical (unpaired) electrons. The molecule has 7 nitrogen and oxygen atoms in total. The lowest BCUT2D eigenvalue weighted by molar-refractivity contribution is 0.0994. The van der Waals surface area contributed by atoms with E-state index in [0.717, 1.165) is 38.8 Å². The fourth-order valence-electron chi connectivity index (χ4n) is 8.31. The van der Waals surface area contributed by atoms with Crippen molar-refractivity contribution < 1.29 is 15.8 Å². The lowest BCUT2D eigenvalue weighted by atomic mass is 9.63. The van der Waals surface area contributed by atoms with Gasteiger partial charge in [-0.1, -0.05) is 24.3 Å². The highest BCUT2D eigenvalue weighted by Gasteiger charge is 2.75. The summed E-state index contributed by atoms with van der Waals surface area (Å²) >= 11 is 0. The van der Waals surface area contributed by atoms with Crippen molar-refractivity contribution in [2.24, 2.45) is 5.92 Å². The SMILES string of the molecule is COC(=O)N1C2CCC3CC(N4CCC5(CC[C@@H](NC(=O)N(C)C)c6ccccc65)CC4)CC321.[HH]. The number of rotatable bonds is 2. The molecule has 7 heteroatoms. The van der Waals surface area contributed by atoms with E-state index in [1.165, 1.54) is 43.9 Å². The fourth-order valence-corrected chi connectivity index (χ4v) is 8.31. The number of urea groups is 1. The number of amides is 3. The summed E-state index contributed by atoms with van der Waals surface area (Å²) in [6.45, 7) is 2.25. The second-order valence-corrected chi connectivity index (χ2v) is 11.6. The molecule has 3 amide bonds. The van der Waals surface area contributed by atoms with Crippen LogP contribution >= 0.6 is 0 Å². The van der Waals surface area contributed by atoms with E-state index >= 15 is 0 Å². The van der Waals surface area contributed by atoms with E-state index in [4.69, 9.17) is 4.74 Å². The summed E-state index contributed by atoms with van der Waals surface area (Å²) < 4.78 is 5.09. The Balaban J connectivity index is 0.00000253. The topological polar surface area (TPSA) is 64.9 Å². The van der Waals surface area contributed by atoms with Gasteiger partial charge in [-0.15, -0.1) is 0 Å². The van der Waals surface area contributed by atoms with Crippen molar-refractivity contribution in [1.29, 1.82) is 0 Å². The predicted octanol–water partition coefficient (Wildman–Crippen LogP) is 4.13. The maximum Gasteiger partial charge on any atom is 0.410 e. The summed E-state index contributed by atoms with van der Waals surface area (Å²) in [6.07, 6.45) is 9.13. The van der Waals surface area contributed by atoms with Crippen molar-refractivity contribution in [3.05, 3.63) is 35.4 Å². The number of hydrogen-bond acceptors (Lipinski definition) is 4. The Hall–Kier alpha value is -2.28. The third kappa shape index (κ3) is 3.11. The van der Waals surface area contributed by atoms with Gasteiger partial charge in [-0.2, -0.15) is 0 Å². The van der Waals surface area contributed by atoms with Crippen LogP contribution in [0.1, 0.15) is 70.0 Å². The van der Waals surface area contributed by atoms with Gasteiger partial charge in [-0.05, 0) is 86.9 Å². The first-order chi connectivity index (χ1) is 16.4. The highest BCUT2D eigenvalue weighted by molar-refractivity contribution is 5.75. The van der Waals surface area contributed by atoms with Crippen molar-refractivity contribution in [3.8, 4) is 0 Å². The number of fused-ring (bicyclic) bond motifs is 2. The first-order valence-corrected chi connectivity index (χ1v) is 13.1. The summed E-state index contributed by atoms with van der Waals surface area (Å²) in [5.41, 5.74) is 3.08. The zero-order valence-corrected chi connectivity index (χ0v) is 20.8. The second-order valence-electron chi connectivity index (χ2n) is 11.6. The molecule has 2 heterocycles. The number of nitrogens with one attached hydrogen (secondary N) is 1. The van der Waals surface area contributed by atoms with Crippen LogP contribution in [-0.2, 0) is 10.2 Å². The third-order valence-corrected chi connectivity index (χ3v) is 10.1. The minimum Gasteiger partial charge on any atom is -0.453 e. The lowest BCUT2D eigenvalue weighted by Gasteiger charge is -2.48. The largest absolute Gasteiger partial charge is 0.453 e. The van der Waals surface area contributed by atoms with Crippen LogP contribution in [-0.4, -0.2) is 78.7 Å². The molecule has 186 valence electrons. The molecule has 1 N–H and O–H groups in total. The number of nitrogens with zero attached hydrogens (tertiary/aromatic N) is 3. The molecule has 1 aromatic rings. The van der Waals surface area contributed by atoms with Crippen molar-refractivity contribution in [3.63, 3.8) is 0 Å². The van der Waals surface area contributed by atoms with E-state index < -0.39 is 0 Å². The molecule has 2 spiro atoms. The van der Waals surface area contributed by atoms with E-state index in [0.29, 0.717) is 18.0 Å². The van der Waals surface area contributed by atoms with E-state index in [-0.39, 0.29) is 30.5 Å². The van der Waals surface area contributed by atoms with Crippen molar-refractivity contribution in [2.45, 2.75) is 80.4 Å². The van der Waals surface area contributed by atoms with Crippen molar-refractivity contribution in [1.82, 2.24) is 20.0 Å². The van der Waals surface area contributed by atoms with Gasteiger partial charge in [0.2, 0.25) is 0 Å². The average Bonchev–Trinajstić information content (AvgIpc) is 3.11. The number of likely N-dealkylation sites (tertiary alicyclic amines) is 2. The number of piperidine rings is 2. The van der Waals surface area contributed by atoms with Crippen LogP contribution in [0.15, 0.2) is 24.3 Å². The van der Waals surface area contributed by atoms with Crippen LogP contribution in [0.3, 0.4) is 0 Å². The normalized spacial score (nSPS) is 35.3. The highest BCUT2D eigenvalue weighted by Crippen LogP contribution is 2.65. The Labute approximate surface area is 204 Å². The summed E-state index contributed by atoms with van der Waals surface area (Å²) in [7, 11) is 5.11. The molecule has 0 bridgehead atoms. The van der Waals surface area contributed by atoms with Gasteiger partial charge in [0.05, 0.1) is 24.7 Å². The van der Waals surface area contributed by atoms with Gasteiger partial charge < -0.3 is 19.9 Å². The molecule has 2 saturated heterocycles. The summed E-state index contributed by atoms with van der Waals surface area (Å²) in [6, 6.07) is 9.88. The van der Waals surface area contributed by atoms with Gasteiger partial charge in [-0.25, -0.2) is 9.59 Å². The zero-order valence-electron chi connectivity index (χ0n) is 20.8. The summed E-state index contributed by atoms with van der Waals surface area (Å²) in [5, 5.41) is 3.23. The molecule has 3 aliphatic carbocycles. The third-order valence-electron chi connectivity index (χ3n) is 10.1. The number of ether oxygens (including phenoxy) is 1. The maximum atomic E-state index is 12.4. The summed E-state index contributed by atoms with van der Waals surface area (Å²) in [5.74, 6) is 0.647. The molecule has 5 atom stereocenters. The van der Waals surface area contributed by atoms with Gasteiger partial charge in [0, 0.05) is 21.6 Å². The Bertz CT molecular complexity index is 994. The lowest BCUT2D eigenvalue weighted by Crippen LogP contribution is -2.49. The van der Waals surface area contributed by atoms with Gasteiger partial charge in [0.15, 0.2) is 0 Å². The van der Waals surface area contributed by atoms with Crippen LogP contribution in [0, 0.1) is 5.92 Å². The molecule has 0 aromatic heterocycles. The number of methoxy groups -OCH3 is 1. The van der Waals surface area contributed by atoms with Gasteiger partial charge in [0.25, 0.3) is 0 Å². The first kappa shape index (κ1) is 22.2. The molecule has 6 rings (SSSR count). The monoisotopic (exact) mass is 468 g/mol. The van der Waals surface area contributed by atoms with E-state index in [1.54, 1.807) is 19.0 Å². The minimum atomic E-state index is -0.123. The van der Waals surface area contributed by atoms with Crippen molar-refractivity contribution >= 4 is 12.1 Å². The van der Waals surface area contributed by atoms with Crippen LogP contribution in [0.4, 0.5) is 9.59 Å². The molecule has 1 aromatic carbocycles. The van der Waals surface area contributed by atoms with Gasteiger partial charge >= 0.3 is 12.1 Å². The molecule has 4 fully saturated rings. The number of carbonyl (C=O) groups is 2. The van der Waals surface area contributed by atoms with E-state index in [1.807, 2.05) is 0 Å². The fraction of sp³-hybridized carbons (Fsp3) is 0.704. The molecular weight excluding hydrogens is 428 g/mol. The predicted molar refractivity (Wildman–Crippen MR) is 132 cm³/mol. The van der Waals surface area contributed by atoms with E-state index in [2.05, 4.69) is 39.4 Å². The number of benzene rings is 1. The Kier molecular flexibility index (Phi) is 5.14. The molecule has 2 aliphatic heterocycles. The quantitative estimate of drug-likeness (QED) is 0.663. The first-order valence-electron chi connectivity index (χ1n) is 13.1. The van der Waals surface area contributed by atoms with Crippen molar-refractivity contribution in [2.75, 3.05) is 34.3 Å². The van der Waals surface area contributed by atoms with Crippen LogP contribution < -0.4 is 5.32 Å². The highest BCUT2D eigenvalue weighted by atomic mass is 16.5. The number of hydrogen-bond donors (Lipinski definition) is 1. The second kappa shape index (κ2) is 7.87. The summed E-state index contributed by atoms with van der Waals surface area (Å²) in [4.78, 5) is 31.1. The Morgan fingerprint density at radius 2 is 1.88 bits per heavy atom. The Morgan fingerprint density at radius 1 is 1.12 bits per heavy atom. The van der Waals surface area contributed by atoms with E-state index in [9.17, 15) is 9.59 Å². The van der Waals surface area contributed by atoms with Gasteiger partial charge in [-0.3, -0.25) is 4.90 Å². The Morgan fingerprint density at radius 3 is 2.62 bits per heavy atom. The average molecular weight is 469 g/mol. The van der Waals surface area contributed by atoms with Gasteiger partial charge in [0.1, 0.15) is 0 Å². The smallest absolute Gasteiger partial charge is 0.410 e. The number of carbonyl (C=O) groups excluding carboxylic acids is 2. The molecule has 5 aliphatic rings. The standard InChI is InChI=1S/C27H38N4O3.H2/c1-29(2)24(32)28-22-10-11-26(21-7-5-4-6-20(21)22)12-14-30(15-13-26)19-16-18-8-9-23-27(18,17-19)31(23)25(33)34-3;/h4-7,18-19,22-23H,8-17H2,1-3H3,(H,28,32);1H/t18?,19?,22-,23?,27?,31?;/m1./s1. The molecule has 34 heavy (non-hydrogen) atoms. The maximum absolute atomic E-state index is 12.4. The zero-order chi connectivity index (χ0) is 23.7. The van der Waals surface area contributed by atoms with Crippen LogP contribution in [0.25, 0.3) is 0 Å². The minimum absolute atomic E-state index is 0.